The number of aliphatic carboxylic acids is 2. The first-order chi connectivity index (χ1) is 4.04. The highest BCUT2D eigenvalue weighted by molar-refractivity contribution is 5.80. The summed E-state index contributed by atoms with van der Waals surface area (Å²) in [5.74, 6) is -2.50. The zero-order chi connectivity index (χ0) is 7.44. The Balaban J connectivity index is 3.63. The average molecular weight is 132 g/mol. The number of hydrogen-bond donors (Lipinski definition) is 3. The lowest BCUT2D eigenvalue weighted by Crippen LogP contribution is -2.32. The predicted molar refractivity (Wildman–Crippen MR) is 27.9 cm³/mol. The van der Waals surface area contributed by atoms with Crippen molar-refractivity contribution in [2.24, 2.45) is 5.73 Å². The lowest BCUT2D eigenvalue weighted by atomic mass is 10.2. The largest absolute Gasteiger partial charge is 0.481 e. The molecule has 5 nitrogen and oxygen atoms in total. The van der Waals surface area contributed by atoms with E-state index in [1.54, 1.807) is 0 Å². The van der Waals surface area contributed by atoms with E-state index in [-0.39, 0.29) is 0 Å². The third-order valence-corrected chi connectivity index (χ3v) is 0.712. The summed E-state index contributed by atoms with van der Waals surface area (Å²) in [6.07, 6.45) is -0.532. The van der Waals surface area contributed by atoms with Crippen molar-refractivity contribution in [2.75, 3.05) is 0 Å². The number of carbonyl (C=O) groups is 2. The molecule has 0 spiro atoms. The van der Waals surface area contributed by atoms with Crippen LogP contribution in [0.1, 0.15) is 6.42 Å². The van der Waals surface area contributed by atoms with Crippen molar-refractivity contribution in [3.63, 3.8) is 0 Å². The quantitative estimate of drug-likeness (QED) is 0.451. The number of carboxylic acids is 2. The van der Waals surface area contributed by atoms with Gasteiger partial charge < -0.3 is 15.9 Å². The molecule has 0 rings (SSSR count). The van der Waals surface area contributed by atoms with E-state index in [9.17, 15) is 9.59 Å². The molecule has 0 heterocycles. The molecule has 0 aliphatic heterocycles. The highest BCUT2D eigenvalue weighted by atomic mass is 16.4. The summed E-state index contributed by atoms with van der Waals surface area (Å²) in [6.45, 7) is 0. The van der Waals surface area contributed by atoms with Crippen molar-refractivity contribution in [1.82, 2.24) is 0 Å². The molecule has 0 aliphatic rings. The molecule has 1 unspecified atom stereocenters. The molecular formula is C4H7NO4. The summed E-state index contributed by atoms with van der Waals surface area (Å²) in [7, 11) is 0. The zero-order valence-electron chi connectivity index (χ0n) is 4.57. The van der Waals surface area contributed by atoms with Crippen LogP contribution in [0.3, 0.4) is 0 Å². The Kier molecular flexibility index (Phi) is 2.66. The SMILES string of the molecule is [13NH2]C(CC(=O)O)C(=O)O. The van der Waals surface area contributed by atoms with Gasteiger partial charge in [-0.2, -0.15) is 0 Å². The monoisotopic (exact) mass is 132 g/mol. The first-order valence-corrected chi connectivity index (χ1v) is 2.24. The molecule has 0 amide bonds. The minimum Gasteiger partial charge on any atom is -0.481 e. The molecular weight excluding hydrogens is 125 g/mol. The van der Waals surface area contributed by atoms with Gasteiger partial charge in [0.2, 0.25) is 0 Å². The predicted octanol–water partition coefficient (Wildman–Crippen LogP) is -1.13. The van der Waals surface area contributed by atoms with Crippen LogP contribution in [0.25, 0.3) is 0 Å². The van der Waals surface area contributed by atoms with Crippen molar-refractivity contribution in [1.29, 1.82) is 0 Å². The van der Waals surface area contributed by atoms with Crippen LogP contribution in [-0.2, 0) is 9.59 Å². The van der Waals surface area contributed by atoms with Gasteiger partial charge in [-0.05, 0) is 0 Å². The highest BCUT2D eigenvalue weighted by Crippen LogP contribution is 1.86. The topological polar surface area (TPSA) is 101 Å². The van der Waals surface area contributed by atoms with E-state index in [0.717, 1.165) is 0 Å². The molecule has 0 bridgehead atoms. The van der Waals surface area contributed by atoms with E-state index in [1.807, 2.05) is 0 Å². The van der Waals surface area contributed by atoms with Crippen molar-refractivity contribution in [2.45, 2.75) is 12.5 Å². The van der Waals surface area contributed by atoms with Crippen molar-refractivity contribution < 1.29 is 19.8 Å². The van der Waals surface area contributed by atoms with Gasteiger partial charge in [-0.25, -0.2) is 0 Å². The maximum Gasteiger partial charge on any atom is 0.321 e. The van der Waals surface area contributed by atoms with Crippen LogP contribution in [0.2, 0.25) is 0 Å². The summed E-state index contributed by atoms with van der Waals surface area (Å²) in [4.78, 5) is 19.6. The second-order valence-corrected chi connectivity index (χ2v) is 1.54. The van der Waals surface area contributed by atoms with Crippen molar-refractivity contribution in [3.05, 3.63) is 0 Å². The maximum absolute atomic E-state index is 9.85. The standard InChI is InChI=1S/C4H7NO4/c5-2(4(8)9)1-3(6)7/h2H,1,5H2,(H,6,7)(H,8,9)/i5-1. The van der Waals surface area contributed by atoms with Crippen LogP contribution in [-0.4, -0.2) is 28.2 Å². The number of rotatable bonds is 3. The second-order valence-electron chi connectivity index (χ2n) is 1.54. The van der Waals surface area contributed by atoms with E-state index in [2.05, 4.69) is 0 Å². The van der Waals surface area contributed by atoms with Crippen LogP contribution in [0.5, 0.6) is 0 Å². The van der Waals surface area contributed by atoms with Gasteiger partial charge in [0.05, 0.1) is 6.42 Å². The van der Waals surface area contributed by atoms with Gasteiger partial charge >= 0.3 is 11.9 Å². The summed E-state index contributed by atoms with van der Waals surface area (Å²) in [6, 6.07) is -1.29. The lowest BCUT2D eigenvalue weighted by molar-refractivity contribution is -0.144. The lowest BCUT2D eigenvalue weighted by Gasteiger charge is -1.99. The Bertz CT molecular complexity index is 133. The zero-order valence-corrected chi connectivity index (χ0v) is 4.57. The Morgan fingerprint density at radius 1 is 1.44 bits per heavy atom. The van der Waals surface area contributed by atoms with E-state index in [0.29, 0.717) is 0 Å². The van der Waals surface area contributed by atoms with Crippen LogP contribution in [0, 0.1) is 0 Å². The molecule has 4 N–H and O–H groups in total. The van der Waals surface area contributed by atoms with Crippen molar-refractivity contribution >= 4 is 11.9 Å². The molecule has 0 aromatic carbocycles. The highest BCUT2D eigenvalue weighted by Gasteiger charge is 2.14. The molecule has 0 radical (unpaired) electrons. The fourth-order valence-electron chi connectivity index (χ4n) is 0.275. The van der Waals surface area contributed by atoms with E-state index in [1.165, 1.54) is 0 Å². The average Bonchev–Trinajstić information content (AvgIpc) is 1.63. The molecule has 52 valence electrons. The Labute approximate surface area is 51.1 Å². The van der Waals surface area contributed by atoms with Gasteiger partial charge in [-0.3, -0.25) is 9.59 Å². The number of carboxylic acid groups (broad SMARTS) is 2. The summed E-state index contributed by atoms with van der Waals surface area (Å²) in [5, 5.41) is 16.0. The number of nitrogens with two attached hydrogens (primary N) is 1. The fraction of sp³-hybridized carbons (Fsp3) is 0.500. The van der Waals surface area contributed by atoms with Crippen molar-refractivity contribution in [3.8, 4) is 0 Å². The minimum atomic E-state index is -1.29. The first kappa shape index (κ1) is 7.90. The van der Waals surface area contributed by atoms with Crippen LogP contribution in [0.4, 0.5) is 0 Å². The van der Waals surface area contributed by atoms with E-state index >= 15 is 0 Å². The Morgan fingerprint density at radius 2 is 1.89 bits per heavy atom. The minimum absolute atomic E-state index is 0.532. The molecule has 0 aromatic heterocycles. The van der Waals surface area contributed by atoms with Crippen LogP contribution < -0.4 is 5.73 Å². The Morgan fingerprint density at radius 3 is 2.00 bits per heavy atom. The van der Waals surface area contributed by atoms with Gasteiger partial charge in [0, 0.05) is 0 Å². The molecule has 1 atom stereocenters. The first-order valence-electron chi connectivity index (χ1n) is 2.24. The molecule has 5 heteroatoms. The Hall–Kier alpha value is -1.10. The summed E-state index contributed by atoms with van der Waals surface area (Å²) in [5.41, 5.74) is 4.84. The smallest absolute Gasteiger partial charge is 0.321 e. The van der Waals surface area contributed by atoms with Gasteiger partial charge in [0.25, 0.3) is 0 Å². The van der Waals surface area contributed by atoms with Gasteiger partial charge in [0.1, 0.15) is 6.04 Å². The molecule has 9 heavy (non-hydrogen) atoms. The molecule has 0 aromatic rings. The fourth-order valence-corrected chi connectivity index (χ4v) is 0.275. The molecule has 0 fully saturated rings. The normalized spacial score (nSPS) is 12.6. The molecule has 0 saturated carbocycles. The summed E-state index contributed by atoms with van der Waals surface area (Å²) < 4.78 is 0. The van der Waals surface area contributed by atoms with E-state index in [4.69, 9.17) is 15.9 Å². The third-order valence-electron chi connectivity index (χ3n) is 0.712. The van der Waals surface area contributed by atoms with Crippen LogP contribution >= 0.6 is 0 Å². The third kappa shape index (κ3) is 3.48. The maximum atomic E-state index is 9.85. The van der Waals surface area contributed by atoms with E-state index < -0.39 is 24.4 Å². The van der Waals surface area contributed by atoms with Gasteiger partial charge in [0.15, 0.2) is 0 Å². The van der Waals surface area contributed by atoms with Gasteiger partial charge in [-0.15, -0.1) is 0 Å². The van der Waals surface area contributed by atoms with Crippen LogP contribution in [0.15, 0.2) is 0 Å². The van der Waals surface area contributed by atoms with Gasteiger partial charge in [-0.1, -0.05) is 0 Å². The summed E-state index contributed by atoms with van der Waals surface area (Å²) >= 11 is 0. The second kappa shape index (κ2) is 3.03. The molecule has 0 aliphatic carbocycles. The molecule has 0 saturated heterocycles. The number of hydrogen-bond acceptors (Lipinski definition) is 3.